The van der Waals surface area contributed by atoms with Gasteiger partial charge < -0.3 is 24.1 Å². The Balaban J connectivity index is 2.43. The van der Waals surface area contributed by atoms with Gasteiger partial charge in [0.05, 0.1) is 5.57 Å². The topological polar surface area (TPSA) is 91.3 Å². The van der Waals surface area contributed by atoms with Gasteiger partial charge >= 0.3 is 24.5 Å². The van der Waals surface area contributed by atoms with Crippen LogP contribution in [0.5, 0.6) is 11.5 Å². The summed E-state index contributed by atoms with van der Waals surface area (Å²) in [4.78, 5) is 22.9. The molecule has 0 unspecified atom stereocenters. The number of carbonyl (C=O) groups excluding carboxylic acids is 2. The number of benzene rings is 1. The van der Waals surface area contributed by atoms with Gasteiger partial charge in [-0.15, -0.1) is 13.2 Å². The van der Waals surface area contributed by atoms with Gasteiger partial charge in [0, 0.05) is 5.56 Å². The van der Waals surface area contributed by atoms with Crippen molar-refractivity contribution in [1.82, 2.24) is 0 Å². The summed E-state index contributed by atoms with van der Waals surface area (Å²) in [5.74, 6) is -3.87. The number of rotatable bonds is 6. The van der Waals surface area contributed by atoms with Crippen molar-refractivity contribution in [2.45, 2.75) is 32.0 Å². The first-order valence-electron chi connectivity index (χ1n) is 8.17. The van der Waals surface area contributed by atoms with Crippen molar-refractivity contribution in [3.63, 3.8) is 0 Å². The molecule has 13 heteroatoms. The summed E-state index contributed by atoms with van der Waals surface area (Å²) in [5, 5.41) is 8.48. The van der Waals surface area contributed by atoms with Gasteiger partial charge in [0.25, 0.3) is 0 Å². The van der Waals surface area contributed by atoms with Gasteiger partial charge in [0.1, 0.15) is 18.1 Å². The molecule has 166 valence electrons. The van der Waals surface area contributed by atoms with E-state index in [9.17, 15) is 35.9 Å². The van der Waals surface area contributed by atoms with Gasteiger partial charge in [0.15, 0.2) is 0 Å². The minimum Gasteiger partial charge on any atom is -0.475 e. The van der Waals surface area contributed by atoms with Gasteiger partial charge in [-0.2, -0.15) is 13.2 Å². The second-order valence-electron chi connectivity index (χ2n) is 5.77. The van der Waals surface area contributed by atoms with Gasteiger partial charge in [-0.25, -0.2) is 9.59 Å². The van der Waals surface area contributed by atoms with Crippen molar-refractivity contribution in [2.24, 2.45) is 0 Å². The van der Waals surface area contributed by atoms with E-state index >= 15 is 0 Å². The van der Waals surface area contributed by atoms with E-state index in [1.165, 1.54) is 6.92 Å². The molecule has 0 saturated carbocycles. The summed E-state index contributed by atoms with van der Waals surface area (Å²) >= 11 is 0. The summed E-state index contributed by atoms with van der Waals surface area (Å²) < 4.78 is 95.2. The smallest absolute Gasteiger partial charge is 0.475 e. The lowest BCUT2D eigenvalue weighted by Crippen LogP contribution is -2.41. The first-order chi connectivity index (χ1) is 13.9. The number of ether oxygens (including phenoxy) is 4. The normalized spacial score (nSPS) is 16.1. The highest BCUT2D eigenvalue weighted by Crippen LogP contribution is 2.42. The lowest BCUT2D eigenvalue weighted by molar-refractivity contribution is -0.274. The molecule has 1 aromatic carbocycles. The van der Waals surface area contributed by atoms with Gasteiger partial charge in [-0.3, -0.25) is 0 Å². The summed E-state index contributed by atoms with van der Waals surface area (Å²) in [7, 11) is 0. The number of carbonyl (C=O) groups is 2. The first-order valence-corrected chi connectivity index (χ1v) is 8.17. The van der Waals surface area contributed by atoms with Crippen molar-refractivity contribution in [3.05, 3.63) is 28.8 Å². The monoisotopic (exact) mass is 444 g/mol. The van der Waals surface area contributed by atoms with Crippen molar-refractivity contribution in [3.8, 4) is 11.5 Å². The van der Waals surface area contributed by atoms with Crippen LogP contribution in [-0.2, 0) is 25.5 Å². The quantitative estimate of drug-likeness (QED) is 0.410. The van der Waals surface area contributed by atoms with E-state index in [2.05, 4.69) is 14.2 Å². The Kier molecular flexibility index (Phi) is 6.85. The predicted octanol–water partition coefficient (Wildman–Crippen LogP) is 2.89. The molecule has 1 heterocycles. The lowest BCUT2D eigenvalue weighted by atomic mass is 9.97. The molecule has 0 saturated heterocycles. The van der Waals surface area contributed by atoms with E-state index in [0.29, 0.717) is 6.08 Å². The number of hydrogen-bond donors (Lipinski definition) is 1. The molecule has 2 rings (SSSR count). The van der Waals surface area contributed by atoms with Crippen LogP contribution in [0.25, 0.3) is 6.08 Å². The molecular weight excluding hydrogens is 430 g/mol. The highest BCUT2D eigenvalue weighted by atomic mass is 19.4. The van der Waals surface area contributed by atoms with Crippen LogP contribution in [0.2, 0.25) is 0 Å². The van der Waals surface area contributed by atoms with Gasteiger partial charge in [0.2, 0.25) is 12.9 Å². The van der Waals surface area contributed by atoms with Gasteiger partial charge in [-0.1, -0.05) is 6.92 Å². The Morgan fingerprint density at radius 2 is 1.80 bits per heavy atom. The molecule has 1 aromatic rings. The number of aliphatic hydroxyl groups excluding tert-OH is 1. The molecule has 0 spiro atoms. The average molecular weight is 444 g/mol. The fourth-order valence-corrected chi connectivity index (χ4v) is 2.50. The fraction of sp³-hybridized carbons (Fsp3) is 0.412. The van der Waals surface area contributed by atoms with E-state index < -0.39 is 55.3 Å². The third-order valence-corrected chi connectivity index (χ3v) is 3.68. The van der Waals surface area contributed by atoms with Crippen LogP contribution in [0.4, 0.5) is 26.3 Å². The number of alkyl halides is 6. The van der Waals surface area contributed by atoms with Crippen LogP contribution in [0, 0.1) is 0 Å². The molecular formula is C17H14F6O7. The highest BCUT2D eigenvalue weighted by molar-refractivity contribution is 5.96. The third kappa shape index (κ3) is 5.78. The molecule has 0 bridgehead atoms. The maximum atomic E-state index is 13.4. The second-order valence-corrected chi connectivity index (χ2v) is 5.77. The first kappa shape index (κ1) is 23.3. The van der Waals surface area contributed by atoms with Crippen LogP contribution >= 0.6 is 0 Å². The second kappa shape index (κ2) is 8.81. The number of fused-ring (bicyclic) bond motifs is 1. The molecule has 7 nitrogen and oxygen atoms in total. The summed E-state index contributed by atoms with van der Waals surface area (Å²) in [6.45, 7) is -0.671. The zero-order chi connectivity index (χ0) is 22.7. The standard InChI is InChI=1S/C17H14F6O7/c1-2-8-3-10(30-17(21,22)23)4-9-5-11(14(16(18,19)20)29-13(8)9)15(26)28-7-27-12(25)6-24/h3-5,14,24H,2,6-7H2,1H3/t14-/m0/s1. The Hall–Kier alpha value is -2.96. The molecule has 1 atom stereocenters. The number of aliphatic hydroxyl groups is 1. The minimum atomic E-state index is -5.07. The van der Waals surface area contributed by atoms with Crippen molar-refractivity contribution in [2.75, 3.05) is 13.4 Å². The van der Waals surface area contributed by atoms with Crippen LogP contribution in [-0.4, -0.2) is 49.1 Å². The van der Waals surface area contributed by atoms with E-state index in [4.69, 9.17) is 9.84 Å². The lowest BCUT2D eigenvalue weighted by Gasteiger charge is -2.29. The largest absolute Gasteiger partial charge is 0.573 e. The fourth-order valence-electron chi connectivity index (χ4n) is 2.50. The minimum absolute atomic E-state index is 0.00665. The zero-order valence-corrected chi connectivity index (χ0v) is 15.1. The Labute approximate surface area is 164 Å². The van der Waals surface area contributed by atoms with E-state index in [1.807, 2.05) is 0 Å². The number of halogens is 6. The molecule has 0 radical (unpaired) electrons. The highest BCUT2D eigenvalue weighted by Gasteiger charge is 2.49. The average Bonchev–Trinajstić information content (AvgIpc) is 2.63. The SMILES string of the molecule is CCc1cc(OC(F)(F)F)cc2c1O[C@H](C(F)(F)F)C(C(=O)OCOC(=O)CO)=C2. The molecule has 0 amide bonds. The Morgan fingerprint density at radius 3 is 2.33 bits per heavy atom. The summed E-state index contributed by atoms with van der Waals surface area (Å²) in [5.41, 5.74) is -1.36. The third-order valence-electron chi connectivity index (χ3n) is 3.68. The van der Waals surface area contributed by atoms with Crippen molar-refractivity contribution >= 4 is 18.0 Å². The zero-order valence-electron chi connectivity index (χ0n) is 15.1. The number of esters is 2. The molecule has 0 aromatic heterocycles. The van der Waals surface area contributed by atoms with Crippen molar-refractivity contribution < 1.29 is 60.0 Å². The summed E-state index contributed by atoms with van der Waals surface area (Å²) in [6, 6.07) is 1.64. The maximum Gasteiger partial charge on any atom is 0.573 e. The molecule has 1 N–H and O–H groups in total. The van der Waals surface area contributed by atoms with E-state index in [1.54, 1.807) is 0 Å². The predicted molar refractivity (Wildman–Crippen MR) is 85.1 cm³/mol. The maximum absolute atomic E-state index is 13.4. The van der Waals surface area contributed by atoms with Crippen molar-refractivity contribution in [1.29, 1.82) is 0 Å². The van der Waals surface area contributed by atoms with Crippen LogP contribution in [0.15, 0.2) is 17.7 Å². The van der Waals surface area contributed by atoms with Crippen LogP contribution in [0.3, 0.4) is 0 Å². The Morgan fingerprint density at radius 1 is 1.13 bits per heavy atom. The van der Waals surface area contributed by atoms with Crippen LogP contribution in [0.1, 0.15) is 18.1 Å². The molecule has 0 fully saturated rings. The van der Waals surface area contributed by atoms with E-state index in [0.717, 1.165) is 12.1 Å². The molecule has 0 aliphatic carbocycles. The number of aryl methyl sites for hydroxylation is 1. The molecule has 1 aliphatic rings. The molecule has 30 heavy (non-hydrogen) atoms. The van der Waals surface area contributed by atoms with Crippen LogP contribution < -0.4 is 9.47 Å². The Bertz CT molecular complexity index is 844. The molecule has 1 aliphatic heterocycles. The summed E-state index contributed by atoms with van der Waals surface area (Å²) in [6.07, 6.45) is -12.2. The van der Waals surface area contributed by atoms with E-state index in [-0.39, 0.29) is 23.3 Å². The number of hydrogen-bond acceptors (Lipinski definition) is 7. The van der Waals surface area contributed by atoms with Gasteiger partial charge in [-0.05, 0) is 30.2 Å².